The van der Waals surface area contributed by atoms with Crippen molar-refractivity contribution in [3.8, 4) is 5.75 Å². The summed E-state index contributed by atoms with van der Waals surface area (Å²) < 4.78 is 6.45. The van der Waals surface area contributed by atoms with Crippen molar-refractivity contribution >= 4 is 17.5 Å². The van der Waals surface area contributed by atoms with E-state index >= 15 is 0 Å². The molecule has 4 rings (SSSR count). The fourth-order valence-electron chi connectivity index (χ4n) is 4.63. The van der Waals surface area contributed by atoms with Crippen LogP contribution < -0.4 is 10.1 Å². The van der Waals surface area contributed by atoms with E-state index in [9.17, 15) is 14.7 Å². The third kappa shape index (κ3) is 6.61. The number of likely N-dealkylation sites (N-methyl/N-ethyl adjacent to an activating group) is 1. The maximum atomic E-state index is 13.6. The van der Waals surface area contributed by atoms with Crippen LogP contribution in [0.15, 0.2) is 48.5 Å². The lowest BCUT2D eigenvalue weighted by Crippen LogP contribution is -2.50. The van der Waals surface area contributed by atoms with Crippen molar-refractivity contribution in [3.63, 3.8) is 0 Å². The summed E-state index contributed by atoms with van der Waals surface area (Å²) in [6.07, 6.45) is 2.74. The average Bonchev–Trinajstić information content (AvgIpc) is 3.65. The van der Waals surface area contributed by atoms with E-state index in [1.54, 1.807) is 23.1 Å². The molecule has 1 aliphatic heterocycles. The molecule has 1 aliphatic carbocycles. The minimum atomic E-state index is -0.322. The monoisotopic (exact) mass is 479 g/mol. The summed E-state index contributed by atoms with van der Waals surface area (Å²) in [5.41, 5.74) is 1.88. The lowest BCUT2D eigenvalue weighted by molar-refractivity contribution is -0.115. The number of carbonyl (C=O) groups is 2. The van der Waals surface area contributed by atoms with Gasteiger partial charge in [-0.05, 0) is 56.5 Å². The molecule has 0 radical (unpaired) electrons. The lowest BCUT2D eigenvalue weighted by Gasteiger charge is -2.38. The Morgan fingerprint density at radius 3 is 2.63 bits per heavy atom. The van der Waals surface area contributed by atoms with E-state index in [4.69, 9.17) is 4.74 Å². The minimum absolute atomic E-state index is 0.0907. The first-order valence-electron chi connectivity index (χ1n) is 12.6. The Morgan fingerprint density at radius 2 is 1.94 bits per heavy atom. The average molecular weight is 480 g/mol. The number of aliphatic hydroxyl groups is 1. The summed E-state index contributed by atoms with van der Waals surface area (Å²) in [6, 6.07) is 14.5. The van der Waals surface area contributed by atoms with Crippen molar-refractivity contribution in [3.05, 3.63) is 59.7 Å². The van der Waals surface area contributed by atoms with Crippen molar-refractivity contribution in [2.24, 2.45) is 11.8 Å². The molecule has 3 atom stereocenters. The smallest absolute Gasteiger partial charge is 0.258 e. The van der Waals surface area contributed by atoms with Gasteiger partial charge in [-0.25, -0.2) is 0 Å². The summed E-state index contributed by atoms with van der Waals surface area (Å²) in [5.74, 6) is 1.04. The highest BCUT2D eigenvalue weighted by molar-refractivity contribution is 6.00. The highest BCUT2D eigenvalue weighted by Gasteiger charge is 2.34. The van der Waals surface area contributed by atoms with E-state index in [1.807, 2.05) is 37.3 Å². The molecule has 7 nitrogen and oxygen atoms in total. The number of aliphatic hydroxyl groups excluding tert-OH is 1. The topological polar surface area (TPSA) is 82.1 Å². The second-order valence-corrected chi connectivity index (χ2v) is 10.2. The summed E-state index contributed by atoms with van der Waals surface area (Å²) in [5, 5.41) is 12.8. The van der Waals surface area contributed by atoms with Gasteiger partial charge in [-0.1, -0.05) is 37.3 Å². The predicted octanol–water partition coefficient (Wildman–Crippen LogP) is 3.43. The van der Waals surface area contributed by atoms with Crippen molar-refractivity contribution < 1.29 is 19.4 Å². The van der Waals surface area contributed by atoms with Crippen LogP contribution >= 0.6 is 0 Å². The van der Waals surface area contributed by atoms with E-state index in [-0.39, 0.29) is 42.9 Å². The maximum absolute atomic E-state index is 13.6. The van der Waals surface area contributed by atoms with Gasteiger partial charge in [-0.15, -0.1) is 0 Å². The molecule has 7 heteroatoms. The van der Waals surface area contributed by atoms with Crippen LogP contribution in [0, 0.1) is 11.8 Å². The van der Waals surface area contributed by atoms with Gasteiger partial charge in [-0.2, -0.15) is 0 Å². The number of ether oxygens (including phenoxy) is 1. The fourth-order valence-corrected chi connectivity index (χ4v) is 4.63. The third-order valence-corrected chi connectivity index (χ3v) is 6.91. The molecule has 2 amide bonds. The van der Waals surface area contributed by atoms with Crippen LogP contribution in [-0.2, 0) is 11.2 Å². The Morgan fingerprint density at radius 1 is 1.20 bits per heavy atom. The quantitative estimate of drug-likeness (QED) is 0.576. The van der Waals surface area contributed by atoms with Gasteiger partial charge in [-0.3, -0.25) is 9.59 Å². The molecule has 0 aromatic heterocycles. The number of rotatable bonds is 9. The molecular formula is C28H37N3O4. The zero-order valence-electron chi connectivity index (χ0n) is 20.9. The van der Waals surface area contributed by atoms with Crippen LogP contribution in [0.25, 0.3) is 0 Å². The second kappa shape index (κ2) is 11.2. The SMILES string of the molecule is C[C@H]1CN([C@@H](C)CO)C(=O)c2cc(NC(=O)Cc3ccccc3)ccc2O[C@@H]1CN(C)CC1CC1. The number of hydrogen-bond acceptors (Lipinski definition) is 5. The van der Waals surface area contributed by atoms with Gasteiger partial charge in [0.25, 0.3) is 5.91 Å². The van der Waals surface area contributed by atoms with Gasteiger partial charge >= 0.3 is 0 Å². The van der Waals surface area contributed by atoms with E-state index in [0.29, 0.717) is 23.5 Å². The summed E-state index contributed by atoms with van der Waals surface area (Å²) in [4.78, 5) is 30.2. The summed E-state index contributed by atoms with van der Waals surface area (Å²) in [6.45, 7) is 6.15. The highest BCUT2D eigenvalue weighted by atomic mass is 16.5. The van der Waals surface area contributed by atoms with Crippen molar-refractivity contribution in [1.29, 1.82) is 0 Å². The maximum Gasteiger partial charge on any atom is 0.258 e. The van der Waals surface area contributed by atoms with Gasteiger partial charge in [0.1, 0.15) is 11.9 Å². The fraction of sp³-hybridized carbons (Fsp3) is 0.500. The van der Waals surface area contributed by atoms with Gasteiger partial charge in [0.05, 0.1) is 24.6 Å². The molecule has 0 bridgehead atoms. The molecule has 2 aromatic carbocycles. The van der Waals surface area contributed by atoms with Crippen LogP contribution in [0.4, 0.5) is 5.69 Å². The van der Waals surface area contributed by atoms with Gasteiger partial charge in [0, 0.05) is 31.2 Å². The number of benzene rings is 2. The molecule has 1 fully saturated rings. The Kier molecular flexibility index (Phi) is 8.08. The van der Waals surface area contributed by atoms with Crippen LogP contribution in [0.2, 0.25) is 0 Å². The van der Waals surface area contributed by atoms with Crippen molar-refractivity contribution in [2.45, 2.75) is 45.3 Å². The lowest BCUT2D eigenvalue weighted by atomic mass is 9.99. The Balaban J connectivity index is 1.56. The molecule has 188 valence electrons. The molecule has 1 heterocycles. The van der Waals surface area contributed by atoms with Crippen LogP contribution in [-0.4, -0.2) is 72.2 Å². The first kappa shape index (κ1) is 25.2. The highest BCUT2D eigenvalue weighted by Crippen LogP contribution is 2.32. The minimum Gasteiger partial charge on any atom is -0.488 e. The molecule has 0 unspecified atom stereocenters. The zero-order valence-corrected chi connectivity index (χ0v) is 20.9. The molecule has 0 saturated heterocycles. The molecule has 2 aliphatic rings. The van der Waals surface area contributed by atoms with E-state index in [0.717, 1.165) is 24.6 Å². The van der Waals surface area contributed by atoms with Crippen LogP contribution in [0.3, 0.4) is 0 Å². The first-order valence-corrected chi connectivity index (χ1v) is 12.6. The van der Waals surface area contributed by atoms with E-state index in [1.165, 1.54) is 12.8 Å². The number of anilines is 1. The van der Waals surface area contributed by atoms with Gasteiger partial charge in [0.15, 0.2) is 0 Å². The molecular weight excluding hydrogens is 442 g/mol. The summed E-state index contributed by atoms with van der Waals surface area (Å²) in [7, 11) is 2.12. The van der Waals surface area contributed by atoms with Gasteiger partial charge < -0.3 is 25.0 Å². The Hall–Kier alpha value is -2.90. The zero-order chi connectivity index (χ0) is 24.9. The van der Waals surface area contributed by atoms with Crippen LogP contribution in [0.1, 0.15) is 42.6 Å². The van der Waals surface area contributed by atoms with E-state index < -0.39 is 0 Å². The molecule has 35 heavy (non-hydrogen) atoms. The van der Waals surface area contributed by atoms with Crippen molar-refractivity contribution in [1.82, 2.24) is 9.80 Å². The largest absolute Gasteiger partial charge is 0.488 e. The number of hydrogen-bond donors (Lipinski definition) is 2. The van der Waals surface area contributed by atoms with Gasteiger partial charge in [0.2, 0.25) is 5.91 Å². The standard InChI is InChI=1S/C28H37N3O4/c1-19-15-31(20(2)18-32)28(34)24-14-23(29-27(33)13-21-7-5-4-6-8-21)11-12-25(24)35-26(19)17-30(3)16-22-9-10-22/h4-8,11-12,14,19-20,22,26,32H,9-10,13,15-18H2,1-3H3,(H,29,33)/t19-,20-,26+/m0/s1. The number of amides is 2. The number of nitrogens with one attached hydrogen (secondary N) is 1. The van der Waals surface area contributed by atoms with Crippen LogP contribution in [0.5, 0.6) is 5.75 Å². The normalized spacial score (nSPS) is 21.1. The molecule has 2 aromatic rings. The molecule has 2 N–H and O–H groups in total. The van der Waals surface area contributed by atoms with E-state index in [2.05, 4.69) is 24.2 Å². The predicted molar refractivity (Wildman–Crippen MR) is 137 cm³/mol. The second-order valence-electron chi connectivity index (χ2n) is 10.2. The number of nitrogens with zero attached hydrogens (tertiary/aromatic N) is 2. The molecule has 1 saturated carbocycles. The van der Waals surface area contributed by atoms with Crippen molar-refractivity contribution in [2.75, 3.05) is 38.6 Å². The number of fused-ring (bicyclic) bond motifs is 1. The Labute approximate surface area is 208 Å². The Bertz CT molecular complexity index is 1020. The summed E-state index contributed by atoms with van der Waals surface area (Å²) >= 11 is 0. The first-order chi connectivity index (χ1) is 16.8. The molecule has 0 spiro atoms. The third-order valence-electron chi connectivity index (χ3n) is 6.91. The number of carbonyl (C=O) groups excluding carboxylic acids is 2.